The number of halogens is 1. The van der Waals surface area contributed by atoms with Crippen molar-refractivity contribution in [2.24, 2.45) is 5.73 Å². The van der Waals surface area contributed by atoms with E-state index in [9.17, 15) is 0 Å². The summed E-state index contributed by atoms with van der Waals surface area (Å²) in [5.41, 5.74) is 8.38. The molecule has 2 heteroatoms. The molecule has 0 spiro atoms. The van der Waals surface area contributed by atoms with E-state index in [0.717, 1.165) is 10.9 Å². The van der Waals surface area contributed by atoms with Gasteiger partial charge in [-0.2, -0.15) is 0 Å². The summed E-state index contributed by atoms with van der Waals surface area (Å²) in [5, 5.41) is 0. The topological polar surface area (TPSA) is 26.0 Å². The van der Waals surface area contributed by atoms with Crippen LogP contribution in [0.4, 0.5) is 0 Å². The highest BCUT2D eigenvalue weighted by Gasteiger charge is 2.03. The highest BCUT2D eigenvalue weighted by Crippen LogP contribution is 2.20. The zero-order valence-corrected chi connectivity index (χ0v) is 9.06. The highest BCUT2D eigenvalue weighted by molar-refractivity contribution is 9.10. The van der Waals surface area contributed by atoms with Gasteiger partial charge in [0.05, 0.1) is 0 Å². The van der Waals surface area contributed by atoms with E-state index >= 15 is 0 Å². The number of aryl methyl sites for hydroxylation is 1. The van der Waals surface area contributed by atoms with Crippen molar-refractivity contribution in [1.29, 1.82) is 0 Å². The Kier molecular flexibility index (Phi) is 3.29. The first-order valence-corrected chi connectivity index (χ1v) is 4.95. The molecule has 0 unspecified atom stereocenters. The quantitative estimate of drug-likeness (QED) is 0.826. The van der Waals surface area contributed by atoms with E-state index in [2.05, 4.69) is 48.0 Å². The Morgan fingerprint density at radius 3 is 2.58 bits per heavy atom. The number of rotatable bonds is 2. The van der Waals surface area contributed by atoms with E-state index < -0.39 is 0 Å². The SMILES string of the molecule is CC[C@H](N)c1cc(C)cc(Br)c1. The third-order valence-electron chi connectivity index (χ3n) is 1.93. The van der Waals surface area contributed by atoms with Gasteiger partial charge in [-0.3, -0.25) is 0 Å². The second-order valence-corrected chi connectivity index (χ2v) is 3.99. The predicted molar refractivity (Wildman–Crippen MR) is 56.1 cm³/mol. The van der Waals surface area contributed by atoms with Gasteiger partial charge in [-0.15, -0.1) is 0 Å². The molecular weight excluding hydrogens is 214 g/mol. The molecular formula is C10H14BrN. The summed E-state index contributed by atoms with van der Waals surface area (Å²) < 4.78 is 1.11. The van der Waals surface area contributed by atoms with Gasteiger partial charge < -0.3 is 5.73 Å². The van der Waals surface area contributed by atoms with Crippen LogP contribution in [-0.2, 0) is 0 Å². The van der Waals surface area contributed by atoms with Gasteiger partial charge in [-0.25, -0.2) is 0 Å². The van der Waals surface area contributed by atoms with Gasteiger partial charge in [0, 0.05) is 10.5 Å². The molecule has 12 heavy (non-hydrogen) atoms. The van der Waals surface area contributed by atoms with Gasteiger partial charge in [-0.05, 0) is 36.6 Å². The smallest absolute Gasteiger partial charge is 0.0292 e. The maximum Gasteiger partial charge on any atom is 0.0292 e. The monoisotopic (exact) mass is 227 g/mol. The lowest BCUT2D eigenvalue weighted by molar-refractivity contribution is 0.697. The van der Waals surface area contributed by atoms with Gasteiger partial charge in [0.1, 0.15) is 0 Å². The fraction of sp³-hybridized carbons (Fsp3) is 0.400. The molecule has 0 fully saturated rings. The van der Waals surface area contributed by atoms with Crippen LogP contribution in [0, 0.1) is 6.92 Å². The Bertz CT molecular complexity index is 250. The van der Waals surface area contributed by atoms with E-state index in [0.29, 0.717) is 0 Å². The standard InChI is InChI=1S/C10H14BrN/c1-3-10(12)8-4-7(2)5-9(11)6-8/h4-6,10H,3,12H2,1-2H3/t10-/m0/s1. The van der Waals surface area contributed by atoms with E-state index in [1.807, 2.05) is 0 Å². The van der Waals surface area contributed by atoms with Crippen LogP contribution in [0.25, 0.3) is 0 Å². The van der Waals surface area contributed by atoms with Crippen LogP contribution in [0.15, 0.2) is 22.7 Å². The summed E-state index contributed by atoms with van der Waals surface area (Å²) in [5.74, 6) is 0. The summed E-state index contributed by atoms with van der Waals surface area (Å²) in [6, 6.07) is 6.48. The molecule has 0 bridgehead atoms. The van der Waals surface area contributed by atoms with Crippen molar-refractivity contribution < 1.29 is 0 Å². The number of hydrogen-bond acceptors (Lipinski definition) is 1. The molecule has 1 atom stereocenters. The predicted octanol–water partition coefficient (Wildman–Crippen LogP) is 3.17. The molecule has 0 aliphatic heterocycles. The Morgan fingerprint density at radius 1 is 1.42 bits per heavy atom. The molecule has 0 saturated heterocycles. The summed E-state index contributed by atoms with van der Waals surface area (Å²) in [6.07, 6.45) is 0.982. The zero-order chi connectivity index (χ0) is 9.14. The second-order valence-electron chi connectivity index (χ2n) is 3.08. The molecule has 0 radical (unpaired) electrons. The largest absolute Gasteiger partial charge is 0.324 e. The summed E-state index contributed by atoms with van der Waals surface area (Å²) in [6.45, 7) is 4.18. The van der Waals surface area contributed by atoms with Gasteiger partial charge in [-0.1, -0.05) is 28.9 Å². The summed E-state index contributed by atoms with van der Waals surface area (Å²) in [7, 11) is 0. The summed E-state index contributed by atoms with van der Waals surface area (Å²) in [4.78, 5) is 0. The average molecular weight is 228 g/mol. The Balaban J connectivity index is 3.00. The lowest BCUT2D eigenvalue weighted by atomic mass is 10.0. The van der Waals surface area contributed by atoms with Crippen molar-refractivity contribution in [2.75, 3.05) is 0 Å². The minimum Gasteiger partial charge on any atom is -0.324 e. The molecule has 1 nitrogen and oxygen atoms in total. The van der Waals surface area contributed by atoms with Crippen molar-refractivity contribution >= 4 is 15.9 Å². The van der Waals surface area contributed by atoms with Crippen LogP contribution >= 0.6 is 15.9 Å². The minimum absolute atomic E-state index is 0.168. The average Bonchev–Trinajstić information content (AvgIpc) is 2.01. The van der Waals surface area contributed by atoms with E-state index in [-0.39, 0.29) is 6.04 Å². The molecule has 0 saturated carbocycles. The third kappa shape index (κ3) is 2.32. The molecule has 2 N–H and O–H groups in total. The van der Waals surface area contributed by atoms with Gasteiger partial charge in [0.15, 0.2) is 0 Å². The molecule has 0 aromatic heterocycles. The fourth-order valence-corrected chi connectivity index (χ4v) is 1.84. The van der Waals surface area contributed by atoms with Gasteiger partial charge >= 0.3 is 0 Å². The van der Waals surface area contributed by atoms with Crippen molar-refractivity contribution in [3.63, 3.8) is 0 Å². The lowest BCUT2D eigenvalue weighted by Gasteiger charge is -2.10. The fourth-order valence-electron chi connectivity index (χ4n) is 1.21. The third-order valence-corrected chi connectivity index (χ3v) is 2.39. The molecule has 0 aliphatic rings. The van der Waals surface area contributed by atoms with Crippen LogP contribution < -0.4 is 5.73 Å². The van der Waals surface area contributed by atoms with Crippen molar-refractivity contribution in [1.82, 2.24) is 0 Å². The number of benzene rings is 1. The van der Waals surface area contributed by atoms with E-state index in [4.69, 9.17) is 5.73 Å². The Morgan fingerprint density at radius 2 is 2.08 bits per heavy atom. The maximum absolute atomic E-state index is 5.91. The van der Waals surface area contributed by atoms with Crippen LogP contribution in [0.3, 0.4) is 0 Å². The summed E-state index contributed by atoms with van der Waals surface area (Å²) >= 11 is 3.45. The normalized spacial score (nSPS) is 13.0. The first-order valence-electron chi connectivity index (χ1n) is 4.16. The first-order chi connectivity index (χ1) is 5.63. The molecule has 0 heterocycles. The van der Waals surface area contributed by atoms with Crippen molar-refractivity contribution in [2.45, 2.75) is 26.3 Å². The molecule has 0 amide bonds. The number of hydrogen-bond donors (Lipinski definition) is 1. The van der Waals surface area contributed by atoms with Gasteiger partial charge in [0.2, 0.25) is 0 Å². The molecule has 66 valence electrons. The van der Waals surface area contributed by atoms with Crippen LogP contribution in [0.2, 0.25) is 0 Å². The second kappa shape index (κ2) is 4.06. The molecule has 0 aliphatic carbocycles. The molecule has 1 aromatic rings. The molecule has 1 rings (SSSR count). The van der Waals surface area contributed by atoms with Gasteiger partial charge in [0.25, 0.3) is 0 Å². The van der Waals surface area contributed by atoms with E-state index in [1.165, 1.54) is 11.1 Å². The van der Waals surface area contributed by atoms with Crippen molar-refractivity contribution in [3.05, 3.63) is 33.8 Å². The van der Waals surface area contributed by atoms with Crippen LogP contribution in [-0.4, -0.2) is 0 Å². The van der Waals surface area contributed by atoms with Crippen LogP contribution in [0.5, 0.6) is 0 Å². The lowest BCUT2D eigenvalue weighted by Crippen LogP contribution is -2.08. The van der Waals surface area contributed by atoms with E-state index in [1.54, 1.807) is 0 Å². The Hall–Kier alpha value is -0.340. The highest BCUT2D eigenvalue weighted by atomic mass is 79.9. The maximum atomic E-state index is 5.91. The Labute approximate surface area is 82.1 Å². The number of nitrogens with two attached hydrogens (primary N) is 1. The molecule has 1 aromatic carbocycles. The van der Waals surface area contributed by atoms with Crippen LogP contribution in [0.1, 0.15) is 30.5 Å². The minimum atomic E-state index is 0.168. The van der Waals surface area contributed by atoms with Crippen molar-refractivity contribution in [3.8, 4) is 0 Å². The zero-order valence-electron chi connectivity index (χ0n) is 7.47. The first kappa shape index (κ1) is 9.75.